The molecule has 0 atom stereocenters. The van der Waals surface area contributed by atoms with Crippen molar-refractivity contribution in [1.82, 2.24) is 34.3 Å². The standard InChI is InChI=1S/C25H24N8O2/c1-15(2)30-25-28-13-20(24(34)33(25)4)23-27-11-16-9-18(5-6-21(16)31-23)35-19-7-8-26-22(10-19)17-12-29-32(3)14-17/h5-15H,1-4H3,(H,28,30). The number of hydrogen-bond donors (Lipinski definition) is 1. The average Bonchev–Trinajstić information content (AvgIpc) is 3.28. The lowest BCUT2D eigenvalue weighted by molar-refractivity contribution is 0.483. The van der Waals surface area contributed by atoms with Crippen molar-refractivity contribution >= 4 is 16.9 Å². The summed E-state index contributed by atoms with van der Waals surface area (Å²) in [4.78, 5) is 30.6. The molecule has 10 nitrogen and oxygen atoms in total. The van der Waals surface area contributed by atoms with Gasteiger partial charge in [0.15, 0.2) is 5.82 Å². The van der Waals surface area contributed by atoms with Crippen LogP contribution in [0.2, 0.25) is 0 Å². The van der Waals surface area contributed by atoms with E-state index < -0.39 is 0 Å². The van der Waals surface area contributed by atoms with Gasteiger partial charge in [0, 0.05) is 61.9 Å². The minimum absolute atomic E-state index is 0.154. The molecule has 0 aliphatic heterocycles. The zero-order valence-electron chi connectivity index (χ0n) is 19.8. The van der Waals surface area contributed by atoms with Gasteiger partial charge in [-0.05, 0) is 38.1 Å². The van der Waals surface area contributed by atoms with Crippen LogP contribution in [0.25, 0.3) is 33.5 Å². The summed E-state index contributed by atoms with van der Waals surface area (Å²) in [7, 11) is 3.53. The quantitative estimate of drug-likeness (QED) is 0.400. The Morgan fingerprint density at radius 1 is 0.971 bits per heavy atom. The lowest BCUT2D eigenvalue weighted by atomic mass is 10.2. The van der Waals surface area contributed by atoms with E-state index in [4.69, 9.17) is 4.74 Å². The maximum absolute atomic E-state index is 12.9. The molecule has 0 saturated heterocycles. The van der Waals surface area contributed by atoms with Gasteiger partial charge in [0.2, 0.25) is 5.95 Å². The molecule has 0 amide bonds. The smallest absolute Gasteiger partial charge is 0.265 e. The largest absolute Gasteiger partial charge is 0.457 e. The van der Waals surface area contributed by atoms with Gasteiger partial charge >= 0.3 is 0 Å². The molecule has 0 spiro atoms. The van der Waals surface area contributed by atoms with Gasteiger partial charge < -0.3 is 10.1 Å². The average molecular weight is 469 g/mol. The molecule has 0 aliphatic rings. The van der Waals surface area contributed by atoms with Crippen LogP contribution in [0.15, 0.2) is 66.1 Å². The fourth-order valence-electron chi connectivity index (χ4n) is 3.62. The molecule has 5 aromatic rings. The minimum atomic E-state index is -0.218. The van der Waals surface area contributed by atoms with E-state index in [1.807, 2.05) is 51.4 Å². The van der Waals surface area contributed by atoms with E-state index >= 15 is 0 Å². The van der Waals surface area contributed by atoms with Crippen molar-refractivity contribution in [1.29, 1.82) is 0 Å². The predicted molar refractivity (Wildman–Crippen MR) is 133 cm³/mol. The van der Waals surface area contributed by atoms with Gasteiger partial charge in [-0.15, -0.1) is 0 Å². The summed E-state index contributed by atoms with van der Waals surface area (Å²) in [6.07, 6.45) is 8.54. The molecule has 1 aromatic carbocycles. The molecule has 0 saturated carbocycles. The summed E-state index contributed by atoms with van der Waals surface area (Å²) >= 11 is 0. The molecule has 176 valence electrons. The molecular formula is C25H24N8O2. The Bertz CT molecular complexity index is 1590. The highest BCUT2D eigenvalue weighted by molar-refractivity contribution is 5.81. The molecular weight excluding hydrogens is 444 g/mol. The second-order valence-electron chi connectivity index (χ2n) is 8.45. The summed E-state index contributed by atoms with van der Waals surface area (Å²) < 4.78 is 9.25. The second kappa shape index (κ2) is 8.98. The number of rotatable bonds is 6. The highest BCUT2D eigenvalue weighted by Gasteiger charge is 2.13. The molecule has 0 bridgehead atoms. The summed E-state index contributed by atoms with van der Waals surface area (Å²) in [6.45, 7) is 3.97. The number of fused-ring (bicyclic) bond motifs is 1. The van der Waals surface area contributed by atoms with Crippen molar-refractivity contribution in [2.45, 2.75) is 19.9 Å². The molecule has 10 heteroatoms. The van der Waals surface area contributed by atoms with Crippen molar-refractivity contribution in [3.63, 3.8) is 0 Å². The van der Waals surface area contributed by atoms with E-state index in [1.165, 1.54) is 10.8 Å². The Morgan fingerprint density at radius 3 is 2.57 bits per heavy atom. The highest BCUT2D eigenvalue weighted by Crippen LogP contribution is 2.28. The Kier molecular flexibility index (Phi) is 5.69. The predicted octanol–water partition coefficient (Wildman–Crippen LogP) is 3.80. The van der Waals surface area contributed by atoms with E-state index in [0.29, 0.717) is 34.4 Å². The normalized spacial score (nSPS) is 11.2. The van der Waals surface area contributed by atoms with Crippen molar-refractivity contribution in [3.05, 3.63) is 71.7 Å². The van der Waals surface area contributed by atoms with E-state index in [0.717, 1.165) is 16.6 Å². The Balaban J connectivity index is 1.41. The number of hydrogen-bond acceptors (Lipinski definition) is 8. The van der Waals surface area contributed by atoms with Crippen molar-refractivity contribution < 1.29 is 4.74 Å². The number of nitrogens with zero attached hydrogens (tertiary/aromatic N) is 7. The maximum atomic E-state index is 12.9. The van der Waals surface area contributed by atoms with Gasteiger partial charge in [0.25, 0.3) is 5.56 Å². The van der Waals surface area contributed by atoms with Crippen molar-refractivity contribution in [2.75, 3.05) is 5.32 Å². The molecule has 0 unspecified atom stereocenters. The van der Waals surface area contributed by atoms with Gasteiger partial charge in [-0.3, -0.25) is 19.0 Å². The summed E-state index contributed by atoms with van der Waals surface area (Å²) in [5.41, 5.74) is 2.49. The molecule has 0 aliphatic carbocycles. The van der Waals surface area contributed by atoms with Crippen LogP contribution in [0.5, 0.6) is 11.5 Å². The van der Waals surface area contributed by atoms with Gasteiger partial charge in [-0.25, -0.2) is 15.0 Å². The molecule has 5 rings (SSSR count). The summed E-state index contributed by atoms with van der Waals surface area (Å²) in [5.74, 6) is 2.11. The molecule has 4 aromatic heterocycles. The van der Waals surface area contributed by atoms with Crippen LogP contribution in [0.1, 0.15) is 13.8 Å². The Morgan fingerprint density at radius 2 is 1.80 bits per heavy atom. The molecule has 0 radical (unpaired) electrons. The van der Waals surface area contributed by atoms with Crippen LogP contribution in [-0.4, -0.2) is 40.3 Å². The minimum Gasteiger partial charge on any atom is -0.457 e. The van der Waals surface area contributed by atoms with Crippen LogP contribution >= 0.6 is 0 Å². The van der Waals surface area contributed by atoms with Crippen molar-refractivity contribution in [2.24, 2.45) is 14.1 Å². The van der Waals surface area contributed by atoms with E-state index in [2.05, 4.69) is 30.4 Å². The third-order valence-electron chi connectivity index (χ3n) is 5.35. The fraction of sp³-hybridized carbons (Fsp3) is 0.200. The first-order valence-corrected chi connectivity index (χ1v) is 11.1. The fourth-order valence-corrected chi connectivity index (χ4v) is 3.62. The third-order valence-corrected chi connectivity index (χ3v) is 5.35. The third kappa shape index (κ3) is 4.58. The monoisotopic (exact) mass is 468 g/mol. The van der Waals surface area contributed by atoms with Crippen molar-refractivity contribution in [3.8, 4) is 34.1 Å². The van der Waals surface area contributed by atoms with Crippen LogP contribution in [0.3, 0.4) is 0 Å². The second-order valence-corrected chi connectivity index (χ2v) is 8.45. The zero-order chi connectivity index (χ0) is 24.5. The van der Waals surface area contributed by atoms with Crippen LogP contribution in [-0.2, 0) is 14.1 Å². The number of benzene rings is 1. The zero-order valence-corrected chi connectivity index (χ0v) is 19.8. The lowest BCUT2D eigenvalue weighted by Gasteiger charge is -2.13. The molecule has 35 heavy (non-hydrogen) atoms. The van der Waals surface area contributed by atoms with Gasteiger partial charge in [-0.1, -0.05) is 0 Å². The first kappa shape index (κ1) is 22.2. The van der Waals surface area contributed by atoms with E-state index in [9.17, 15) is 4.79 Å². The van der Waals surface area contributed by atoms with Gasteiger partial charge in [0.05, 0.1) is 17.4 Å². The summed E-state index contributed by atoms with van der Waals surface area (Å²) in [6, 6.07) is 9.34. The van der Waals surface area contributed by atoms with Crippen LogP contribution < -0.4 is 15.6 Å². The Hall–Kier alpha value is -4.60. The molecule has 1 N–H and O–H groups in total. The number of anilines is 1. The van der Waals surface area contributed by atoms with E-state index in [1.54, 1.807) is 36.4 Å². The number of pyridine rings is 1. The first-order chi connectivity index (χ1) is 16.9. The van der Waals surface area contributed by atoms with Crippen LogP contribution in [0.4, 0.5) is 5.95 Å². The molecule has 0 fully saturated rings. The maximum Gasteiger partial charge on any atom is 0.265 e. The summed E-state index contributed by atoms with van der Waals surface area (Å²) in [5, 5.41) is 8.13. The SMILES string of the molecule is CC(C)Nc1ncc(-c2ncc3cc(Oc4ccnc(-c5cnn(C)c5)c4)ccc3n2)c(=O)n1C. The van der Waals surface area contributed by atoms with Gasteiger partial charge in [0.1, 0.15) is 17.1 Å². The lowest BCUT2D eigenvalue weighted by Crippen LogP contribution is -2.26. The first-order valence-electron chi connectivity index (χ1n) is 11.1. The molecule has 4 heterocycles. The highest BCUT2D eigenvalue weighted by atomic mass is 16.5. The Labute approximate surface area is 201 Å². The number of nitrogens with one attached hydrogen (secondary N) is 1. The number of ether oxygens (including phenoxy) is 1. The van der Waals surface area contributed by atoms with Crippen LogP contribution in [0, 0.1) is 0 Å². The number of aryl methyl sites for hydroxylation is 1. The number of aromatic nitrogens is 7. The topological polar surface area (TPSA) is 113 Å². The van der Waals surface area contributed by atoms with Gasteiger partial charge in [-0.2, -0.15) is 5.10 Å². The van der Waals surface area contributed by atoms with E-state index in [-0.39, 0.29) is 11.6 Å².